The Morgan fingerprint density at radius 3 is 2.20 bits per heavy atom. The molecule has 0 atom stereocenters. The van der Waals surface area contributed by atoms with Crippen LogP contribution in [0.5, 0.6) is 0 Å². The summed E-state index contributed by atoms with van der Waals surface area (Å²) in [4.78, 5) is 35.0. The lowest BCUT2D eigenvalue weighted by Gasteiger charge is -2.18. The van der Waals surface area contributed by atoms with Crippen molar-refractivity contribution in [1.82, 2.24) is 9.97 Å². The molecule has 0 saturated carbocycles. The number of aromatic nitrogens is 2. The zero-order chi connectivity index (χ0) is 25.3. The van der Waals surface area contributed by atoms with E-state index in [1.807, 2.05) is 19.1 Å². The molecule has 1 aromatic heterocycles. The van der Waals surface area contributed by atoms with E-state index >= 15 is 0 Å². The Labute approximate surface area is 207 Å². The fraction of sp³-hybridized carbons (Fsp3) is 0.167. The van der Waals surface area contributed by atoms with Crippen molar-refractivity contribution in [2.24, 2.45) is 0 Å². The van der Waals surface area contributed by atoms with E-state index in [9.17, 15) is 18.0 Å². The number of carbonyl (C=O) groups excluding carboxylic acids is 2. The van der Waals surface area contributed by atoms with E-state index in [0.717, 1.165) is 10.5 Å². The second-order valence-corrected chi connectivity index (χ2v) is 9.91. The van der Waals surface area contributed by atoms with Gasteiger partial charge in [0.15, 0.2) is 0 Å². The average Bonchev–Trinajstić information content (AvgIpc) is 3.01. The van der Waals surface area contributed by atoms with Crippen molar-refractivity contribution in [3.63, 3.8) is 0 Å². The zero-order valence-corrected chi connectivity index (χ0v) is 20.7. The van der Waals surface area contributed by atoms with Crippen molar-refractivity contribution in [3.05, 3.63) is 82.3 Å². The molecule has 180 valence electrons. The smallest absolute Gasteiger partial charge is 0.283 e. The molecule has 2 aromatic carbocycles. The van der Waals surface area contributed by atoms with Crippen LogP contribution in [0.1, 0.15) is 23.9 Å². The van der Waals surface area contributed by atoms with Crippen molar-refractivity contribution in [2.45, 2.75) is 32.1 Å². The number of amides is 2. The van der Waals surface area contributed by atoms with Crippen LogP contribution in [0.3, 0.4) is 0 Å². The first-order valence-electron chi connectivity index (χ1n) is 10.7. The third kappa shape index (κ3) is 4.89. The largest absolute Gasteiger partial charge is 0.350 e. The van der Waals surface area contributed by atoms with E-state index in [-0.39, 0.29) is 21.6 Å². The maximum absolute atomic E-state index is 13.1. The van der Waals surface area contributed by atoms with Gasteiger partial charge in [-0.3, -0.25) is 9.59 Å². The van der Waals surface area contributed by atoms with Crippen molar-refractivity contribution in [3.8, 4) is 0 Å². The second-order valence-electron chi connectivity index (χ2n) is 7.85. The van der Waals surface area contributed by atoms with Gasteiger partial charge in [0.1, 0.15) is 10.7 Å². The number of sulfonamides is 1. The first-order chi connectivity index (χ1) is 16.6. The topological polar surface area (TPSA) is 121 Å². The summed E-state index contributed by atoms with van der Waals surface area (Å²) in [6.45, 7) is 5.41. The molecular weight excluding hydrogens is 490 g/mol. The highest BCUT2D eigenvalue weighted by Gasteiger charge is 2.39. The Morgan fingerprint density at radius 1 is 0.943 bits per heavy atom. The monoisotopic (exact) mass is 511 g/mol. The van der Waals surface area contributed by atoms with Gasteiger partial charge in [0, 0.05) is 17.1 Å². The number of hydrogen-bond donors (Lipinski definition) is 2. The summed E-state index contributed by atoms with van der Waals surface area (Å²) >= 11 is 6.22. The Balaban J connectivity index is 1.54. The number of para-hydroxylation sites is 1. The number of carbonyl (C=O) groups is 2. The molecule has 0 unspecified atom stereocenters. The van der Waals surface area contributed by atoms with E-state index in [4.69, 9.17) is 11.6 Å². The highest BCUT2D eigenvalue weighted by atomic mass is 35.5. The normalized spacial score (nSPS) is 14.0. The van der Waals surface area contributed by atoms with E-state index in [1.165, 1.54) is 24.3 Å². The second kappa shape index (κ2) is 9.47. The van der Waals surface area contributed by atoms with Crippen molar-refractivity contribution in [2.75, 3.05) is 14.9 Å². The molecule has 3 aromatic rings. The predicted molar refractivity (Wildman–Crippen MR) is 134 cm³/mol. The van der Waals surface area contributed by atoms with Crippen LogP contribution in [0.2, 0.25) is 0 Å². The number of imide groups is 1. The lowest BCUT2D eigenvalue weighted by molar-refractivity contribution is -0.120. The van der Waals surface area contributed by atoms with Crippen molar-refractivity contribution < 1.29 is 18.0 Å². The van der Waals surface area contributed by atoms with Gasteiger partial charge in [-0.15, -0.1) is 0 Å². The summed E-state index contributed by atoms with van der Waals surface area (Å²) in [6.07, 6.45) is 0.630. The summed E-state index contributed by atoms with van der Waals surface area (Å²) < 4.78 is 27.8. The fourth-order valence-electron chi connectivity index (χ4n) is 3.67. The Kier molecular flexibility index (Phi) is 6.60. The Bertz CT molecular complexity index is 1450. The SMILES string of the molecule is CCc1ccccc1N1C(=O)C(Cl)=C(Nc2ccc(S(=O)(=O)Nc3nc(C)cc(C)n3)cc2)C1=O. The van der Waals surface area contributed by atoms with Gasteiger partial charge in [0.2, 0.25) is 5.95 Å². The van der Waals surface area contributed by atoms with Crippen molar-refractivity contribution in [1.29, 1.82) is 0 Å². The van der Waals surface area contributed by atoms with Gasteiger partial charge in [-0.05, 0) is 62.2 Å². The highest BCUT2D eigenvalue weighted by Crippen LogP contribution is 2.32. The van der Waals surface area contributed by atoms with E-state index in [0.29, 0.717) is 29.2 Å². The van der Waals surface area contributed by atoms with Crippen LogP contribution >= 0.6 is 11.6 Å². The number of benzene rings is 2. The summed E-state index contributed by atoms with van der Waals surface area (Å²) in [6, 6.07) is 14.5. The van der Waals surface area contributed by atoms with Gasteiger partial charge in [0.05, 0.1) is 10.6 Å². The van der Waals surface area contributed by atoms with E-state index < -0.39 is 21.8 Å². The van der Waals surface area contributed by atoms with Crippen LogP contribution in [-0.2, 0) is 26.0 Å². The highest BCUT2D eigenvalue weighted by molar-refractivity contribution is 7.92. The van der Waals surface area contributed by atoms with E-state index in [1.54, 1.807) is 32.0 Å². The van der Waals surface area contributed by atoms with Crippen LogP contribution in [0.25, 0.3) is 0 Å². The van der Waals surface area contributed by atoms with Crippen LogP contribution in [0.15, 0.2) is 70.2 Å². The molecule has 35 heavy (non-hydrogen) atoms. The standard InChI is InChI=1S/C24H22ClN5O4S/c1-4-16-7-5-6-8-19(16)30-22(31)20(25)21(23(30)32)28-17-9-11-18(12-10-17)35(33,34)29-24-26-14(2)13-15(3)27-24/h5-13,28H,4H2,1-3H3,(H,26,27,29). The van der Waals surface area contributed by atoms with E-state index in [2.05, 4.69) is 20.0 Å². The average molecular weight is 512 g/mol. The van der Waals surface area contributed by atoms with Gasteiger partial charge in [-0.1, -0.05) is 36.7 Å². The summed E-state index contributed by atoms with van der Waals surface area (Å²) in [5.41, 5.74) is 2.86. The van der Waals surface area contributed by atoms with Crippen LogP contribution in [0, 0.1) is 13.8 Å². The number of nitrogens with zero attached hydrogens (tertiary/aromatic N) is 3. The lowest BCUT2D eigenvalue weighted by Crippen LogP contribution is -2.33. The van der Waals surface area contributed by atoms with Gasteiger partial charge in [0.25, 0.3) is 21.8 Å². The number of nitrogens with one attached hydrogen (secondary N) is 2. The molecule has 1 aliphatic heterocycles. The summed E-state index contributed by atoms with van der Waals surface area (Å²) in [5.74, 6) is -1.24. The molecule has 2 N–H and O–H groups in total. The lowest BCUT2D eigenvalue weighted by atomic mass is 10.1. The molecule has 0 fully saturated rings. The van der Waals surface area contributed by atoms with Gasteiger partial charge < -0.3 is 5.32 Å². The Hall–Kier alpha value is -3.76. The first kappa shape index (κ1) is 24.4. The van der Waals surface area contributed by atoms with Gasteiger partial charge >= 0.3 is 0 Å². The molecule has 2 amide bonds. The first-order valence-corrected chi connectivity index (χ1v) is 12.6. The quantitative estimate of drug-likeness (QED) is 0.461. The van der Waals surface area contributed by atoms with Gasteiger partial charge in [-0.2, -0.15) is 0 Å². The maximum atomic E-state index is 13.1. The molecule has 0 aliphatic carbocycles. The minimum Gasteiger partial charge on any atom is -0.350 e. The molecule has 0 saturated heterocycles. The number of anilines is 3. The molecule has 4 rings (SSSR count). The fourth-order valence-corrected chi connectivity index (χ4v) is 4.83. The molecule has 0 bridgehead atoms. The predicted octanol–water partition coefficient (Wildman–Crippen LogP) is 3.89. The molecule has 9 nitrogen and oxygen atoms in total. The molecule has 11 heteroatoms. The number of rotatable bonds is 7. The van der Waals surface area contributed by atoms with Crippen LogP contribution < -0.4 is 14.9 Å². The van der Waals surface area contributed by atoms with Crippen LogP contribution in [0.4, 0.5) is 17.3 Å². The third-order valence-corrected chi connectivity index (χ3v) is 6.98. The maximum Gasteiger partial charge on any atom is 0.283 e. The minimum atomic E-state index is -3.94. The molecule has 2 heterocycles. The minimum absolute atomic E-state index is 0.0239. The van der Waals surface area contributed by atoms with Crippen molar-refractivity contribution >= 4 is 50.8 Å². The number of halogens is 1. The molecule has 0 spiro atoms. The number of hydrogen-bond acceptors (Lipinski definition) is 7. The number of aryl methyl sites for hydroxylation is 3. The summed E-state index contributed by atoms with van der Waals surface area (Å²) in [5, 5.41) is 2.60. The molecule has 1 aliphatic rings. The van der Waals surface area contributed by atoms with Gasteiger partial charge in [-0.25, -0.2) is 28.0 Å². The molecular formula is C24H22ClN5O4S. The Morgan fingerprint density at radius 2 is 1.57 bits per heavy atom. The summed E-state index contributed by atoms with van der Waals surface area (Å²) in [7, 11) is -3.94. The third-order valence-electron chi connectivity index (χ3n) is 5.28. The van der Waals surface area contributed by atoms with Crippen LogP contribution in [-0.4, -0.2) is 30.2 Å². The molecule has 0 radical (unpaired) electrons. The zero-order valence-electron chi connectivity index (χ0n) is 19.2.